The summed E-state index contributed by atoms with van der Waals surface area (Å²) >= 11 is 0. The highest BCUT2D eigenvalue weighted by atomic mass is 16.5. The molecule has 1 saturated heterocycles. The van der Waals surface area contributed by atoms with E-state index in [1.165, 1.54) is 0 Å². The number of hydrogen-bond donors (Lipinski definition) is 0. The van der Waals surface area contributed by atoms with Gasteiger partial charge in [-0.2, -0.15) is 5.26 Å². The minimum Gasteiger partial charge on any atom is -0.489 e. The standard InChI is InChI=1S/C14H18N2O/c1-11-3-4-14(12(9-11)10-15)17-13-5-7-16(2)8-6-13/h3-4,9,13H,5-8H2,1-2H3. The van der Waals surface area contributed by atoms with Crippen LogP contribution in [0.5, 0.6) is 5.75 Å². The van der Waals surface area contributed by atoms with Crippen molar-refractivity contribution in [1.82, 2.24) is 4.90 Å². The number of aryl methyl sites for hydroxylation is 1. The molecule has 0 amide bonds. The summed E-state index contributed by atoms with van der Waals surface area (Å²) in [6, 6.07) is 7.98. The number of benzene rings is 1. The molecule has 0 aliphatic carbocycles. The lowest BCUT2D eigenvalue weighted by molar-refractivity contribution is 0.114. The Labute approximate surface area is 103 Å². The first-order chi connectivity index (χ1) is 8.19. The van der Waals surface area contributed by atoms with E-state index in [0.717, 1.165) is 37.2 Å². The van der Waals surface area contributed by atoms with Crippen molar-refractivity contribution in [2.75, 3.05) is 20.1 Å². The Morgan fingerprint density at radius 1 is 1.35 bits per heavy atom. The van der Waals surface area contributed by atoms with Gasteiger partial charge in [0, 0.05) is 13.1 Å². The van der Waals surface area contributed by atoms with E-state index in [1.807, 2.05) is 25.1 Å². The molecular formula is C14H18N2O. The quantitative estimate of drug-likeness (QED) is 0.782. The van der Waals surface area contributed by atoms with E-state index >= 15 is 0 Å². The summed E-state index contributed by atoms with van der Waals surface area (Å²) < 4.78 is 5.93. The van der Waals surface area contributed by atoms with E-state index in [0.29, 0.717) is 5.56 Å². The summed E-state index contributed by atoms with van der Waals surface area (Å²) in [5, 5.41) is 9.08. The number of nitriles is 1. The molecule has 1 aliphatic rings. The zero-order valence-electron chi connectivity index (χ0n) is 10.4. The van der Waals surface area contributed by atoms with Crippen molar-refractivity contribution in [3.63, 3.8) is 0 Å². The minimum absolute atomic E-state index is 0.251. The van der Waals surface area contributed by atoms with Gasteiger partial charge in [0.15, 0.2) is 0 Å². The van der Waals surface area contributed by atoms with E-state index in [-0.39, 0.29) is 6.10 Å². The van der Waals surface area contributed by atoms with Crippen molar-refractivity contribution in [2.45, 2.75) is 25.9 Å². The van der Waals surface area contributed by atoms with Crippen molar-refractivity contribution in [3.05, 3.63) is 29.3 Å². The van der Waals surface area contributed by atoms with Gasteiger partial charge >= 0.3 is 0 Å². The molecule has 0 saturated carbocycles. The molecule has 1 fully saturated rings. The molecule has 3 heteroatoms. The van der Waals surface area contributed by atoms with Gasteiger partial charge in [0.25, 0.3) is 0 Å². The van der Waals surface area contributed by atoms with E-state index in [9.17, 15) is 0 Å². The zero-order chi connectivity index (χ0) is 12.3. The summed E-state index contributed by atoms with van der Waals surface area (Å²) in [6.45, 7) is 4.12. The number of ether oxygens (including phenoxy) is 1. The highest BCUT2D eigenvalue weighted by Gasteiger charge is 2.19. The molecule has 3 nitrogen and oxygen atoms in total. The van der Waals surface area contributed by atoms with Gasteiger partial charge in [-0.25, -0.2) is 0 Å². The summed E-state index contributed by atoms with van der Waals surface area (Å²) in [7, 11) is 2.13. The van der Waals surface area contributed by atoms with Crippen LogP contribution in [0.2, 0.25) is 0 Å². The lowest BCUT2D eigenvalue weighted by Crippen LogP contribution is -2.35. The van der Waals surface area contributed by atoms with Gasteiger partial charge in [-0.3, -0.25) is 0 Å². The topological polar surface area (TPSA) is 36.3 Å². The maximum atomic E-state index is 9.08. The normalized spacial score (nSPS) is 17.7. The summed E-state index contributed by atoms with van der Waals surface area (Å²) in [6.07, 6.45) is 2.32. The number of nitrogens with zero attached hydrogens (tertiary/aromatic N) is 2. The Bertz CT molecular complexity index is 428. The molecule has 1 aromatic carbocycles. The largest absolute Gasteiger partial charge is 0.489 e. The van der Waals surface area contributed by atoms with Gasteiger partial charge in [-0.15, -0.1) is 0 Å². The average molecular weight is 230 g/mol. The first-order valence-corrected chi connectivity index (χ1v) is 6.05. The third kappa shape index (κ3) is 2.98. The molecular weight excluding hydrogens is 212 g/mol. The van der Waals surface area contributed by atoms with Crippen LogP contribution in [0, 0.1) is 18.3 Å². The minimum atomic E-state index is 0.251. The first kappa shape index (κ1) is 11.9. The van der Waals surface area contributed by atoms with E-state index in [2.05, 4.69) is 18.0 Å². The predicted octanol–water partition coefficient (Wildman–Crippen LogP) is 2.34. The molecule has 0 radical (unpaired) electrons. The smallest absolute Gasteiger partial charge is 0.137 e. The van der Waals surface area contributed by atoms with Crippen LogP contribution in [0.15, 0.2) is 18.2 Å². The predicted molar refractivity (Wildman–Crippen MR) is 67.0 cm³/mol. The van der Waals surface area contributed by atoms with Crippen molar-refractivity contribution in [2.24, 2.45) is 0 Å². The molecule has 90 valence electrons. The molecule has 0 N–H and O–H groups in total. The van der Waals surface area contributed by atoms with Crippen molar-refractivity contribution < 1.29 is 4.74 Å². The van der Waals surface area contributed by atoms with Gasteiger partial charge in [-0.05, 0) is 44.5 Å². The molecule has 1 aliphatic heterocycles. The van der Waals surface area contributed by atoms with Crippen LogP contribution in [0.1, 0.15) is 24.0 Å². The fourth-order valence-corrected chi connectivity index (χ4v) is 2.12. The molecule has 0 aromatic heterocycles. The highest BCUT2D eigenvalue weighted by Crippen LogP contribution is 2.23. The second kappa shape index (κ2) is 5.20. The van der Waals surface area contributed by atoms with Gasteiger partial charge < -0.3 is 9.64 Å². The number of piperidine rings is 1. The fourth-order valence-electron chi connectivity index (χ4n) is 2.12. The molecule has 1 aromatic rings. The zero-order valence-corrected chi connectivity index (χ0v) is 10.4. The second-order valence-corrected chi connectivity index (χ2v) is 4.73. The van der Waals surface area contributed by atoms with Gasteiger partial charge in [-0.1, -0.05) is 6.07 Å². The Hall–Kier alpha value is -1.53. The summed E-state index contributed by atoms with van der Waals surface area (Å²) in [4.78, 5) is 2.31. The first-order valence-electron chi connectivity index (χ1n) is 6.05. The van der Waals surface area contributed by atoms with Crippen molar-refractivity contribution in [1.29, 1.82) is 5.26 Å². The fraction of sp³-hybridized carbons (Fsp3) is 0.500. The average Bonchev–Trinajstić information content (AvgIpc) is 2.34. The Kier molecular flexibility index (Phi) is 3.65. The highest BCUT2D eigenvalue weighted by molar-refractivity contribution is 5.45. The Morgan fingerprint density at radius 3 is 2.71 bits per heavy atom. The van der Waals surface area contributed by atoms with Crippen LogP contribution in [0.25, 0.3) is 0 Å². The third-order valence-corrected chi connectivity index (χ3v) is 3.21. The molecule has 0 atom stereocenters. The molecule has 0 unspecified atom stereocenters. The molecule has 0 bridgehead atoms. The van der Waals surface area contributed by atoms with Crippen molar-refractivity contribution >= 4 is 0 Å². The van der Waals surface area contributed by atoms with Crippen molar-refractivity contribution in [3.8, 4) is 11.8 Å². The maximum absolute atomic E-state index is 9.08. The van der Waals surface area contributed by atoms with E-state index in [1.54, 1.807) is 0 Å². The Morgan fingerprint density at radius 2 is 2.06 bits per heavy atom. The third-order valence-electron chi connectivity index (χ3n) is 3.21. The number of rotatable bonds is 2. The van der Waals surface area contributed by atoms with Gasteiger partial charge in [0.05, 0.1) is 5.56 Å². The maximum Gasteiger partial charge on any atom is 0.137 e. The van der Waals surface area contributed by atoms with Crippen LogP contribution in [0.3, 0.4) is 0 Å². The van der Waals surface area contributed by atoms with Crippen LogP contribution < -0.4 is 4.74 Å². The molecule has 17 heavy (non-hydrogen) atoms. The van der Waals surface area contributed by atoms with Crippen LogP contribution >= 0.6 is 0 Å². The molecule has 0 spiro atoms. The molecule has 1 heterocycles. The van der Waals surface area contributed by atoms with E-state index in [4.69, 9.17) is 10.00 Å². The van der Waals surface area contributed by atoms with Gasteiger partial charge in [0.2, 0.25) is 0 Å². The van der Waals surface area contributed by atoms with Gasteiger partial charge in [0.1, 0.15) is 17.9 Å². The molecule has 2 rings (SSSR count). The number of hydrogen-bond acceptors (Lipinski definition) is 3. The summed E-state index contributed by atoms with van der Waals surface area (Å²) in [5.41, 5.74) is 1.74. The van der Waals surface area contributed by atoms with Crippen LogP contribution in [-0.4, -0.2) is 31.1 Å². The lowest BCUT2D eigenvalue weighted by Gasteiger charge is -2.29. The van der Waals surface area contributed by atoms with Crippen LogP contribution in [-0.2, 0) is 0 Å². The van der Waals surface area contributed by atoms with E-state index < -0.39 is 0 Å². The monoisotopic (exact) mass is 230 g/mol. The lowest BCUT2D eigenvalue weighted by atomic mass is 10.1. The second-order valence-electron chi connectivity index (χ2n) is 4.73. The summed E-state index contributed by atoms with van der Waals surface area (Å²) in [5.74, 6) is 0.729. The van der Waals surface area contributed by atoms with Crippen LogP contribution in [0.4, 0.5) is 0 Å². The SMILES string of the molecule is Cc1ccc(OC2CCN(C)CC2)c(C#N)c1. The Balaban J connectivity index is 2.06. The number of likely N-dealkylation sites (tertiary alicyclic amines) is 1.